The Morgan fingerprint density at radius 1 is 1.45 bits per heavy atom. The third kappa shape index (κ3) is 3.57. The van der Waals surface area contributed by atoms with E-state index in [2.05, 4.69) is 39.1 Å². The molecule has 0 bridgehead atoms. The third-order valence-electron chi connectivity index (χ3n) is 3.21. The summed E-state index contributed by atoms with van der Waals surface area (Å²) in [6, 6.07) is 0.725. The van der Waals surface area contributed by atoms with Gasteiger partial charge in [-0.15, -0.1) is 5.10 Å². The summed E-state index contributed by atoms with van der Waals surface area (Å²) in [7, 11) is 0. The van der Waals surface area contributed by atoms with Gasteiger partial charge in [0.25, 0.3) is 0 Å². The molecule has 0 amide bonds. The zero-order valence-electron chi connectivity index (χ0n) is 11.6. The van der Waals surface area contributed by atoms with Crippen LogP contribution in [0, 0.1) is 0 Å². The average Bonchev–Trinajstić information content (AvgIpc) is 3.00. The monoisotopic (exact) mass is 293 g/mol. The minimum atomic E-state index is 0.725. The molecule has 8 heteroatoms. The van der Waals surface area contributed by atoms with E-state index in [0.29, 0.717) is 0 Å². The second-order valence-corrected chi connectivity index (χ2v) is 5.85. The first-order valence-corrected chi connectivity index (χ1v) is 7.97. The van der Waals surface area contributed by atoms with Crippen molar-refractivity contribution in [3.05, 3.63) is 18.0 Å². The van der Waals surface area contributed by atoms with Crippen molar-refractivity contribution >= 4 is 11.8 Å². The van der Waals surface area contributed by atoms with E-state index in [1.807, 2.05) is 15.6 Å². The lowest BCUT2D eigenvalue weighted by Gasteiger charge is -2.04. The molecule has 0 radical (unpaired) electrons. The molecule has 1 fully saturated rings. The summed E-state index contributed by atoms with van der Waals surface area (Å²) >= 11 is 1.65. The molecule has 7 nitrogen and oxygen atoms in total. The molecule has 2 aromatic rings. The number of nitrogens with zero attached hydrogens (tertiary/aromatic N) is 6. The van der Waals surface area contributed by atoms with Gasteiger partial charge >= 0.3 is 0 Å². The van der Waals surface area contributed by atoms with Gasteiger partial charge in [0.1, 0.15) is 0 Å². The van der Waals surface area contributed by atoms with E-state index in [4.69, 9.17) is 0 Å². The largest absolute Gasteiger partial charge is 0.312 e. The van der Waals surface area contributed by atoms with Crippen molar-refractivity contribution in [3.8, 4) is 0 Å². The molecule has 2 heterocycles. The molecular formula is C12H19N7S. The molecule has 1 saturated carbocycles. The maximum atomic E-state index is 4.27. The van der Waals surface area contributed by atoms with Crippen molar-refractivity contribution in [2.24, 2.45) is 0 Å². The van der Waals surface area contributed by atoms with Crippen LogP contribution in [0.2, 0.25) is 0 Å². The van der Waals surface area contributed by atoms with Crippen LogP contribution in [0.1, 0.15) is 25.3 Å². The second-order valence-electron chi connectivity index (χ2n) is 4.91. The van der Waals surface area contributed by atoms with Gasteiger partial charge in [-0.05, 0) is 30.2 Å². The van der Waals surface area contributed by atoms with Gasteiger partial charge < -0.3 is 5.32 Å². The molecule has 0 aliphatic heterocycles. The van der Waals surface area contributed by atoms with Crippen LogP contribution in [-0.4, -0.2) is 42.6 Å². The summed E-state index contributed by atoms with van der Waals surface area (Å²) < 4.78 is 3.79. The van der Waals surface area contributed by atoms with E-state index in [-0.39, 0.29) is 0 Å². The number of hydrogen-bond acceptors (Lipinski definition) is 6. The Morgan fingerprint density at radius 2 is 2.35 bits per heavy atom. The summed E-state index contributed by atoms with van der Waals surface area (Å²) in [5.41, 5.74) is 1.20. The molecule has 3 rings (SSSR count). The van der Waals surface area contributed by atoms with E-state index in [0.717, 1.165) is 36.6 Å². The van der Waals surface area contributed by atoms with Crippen LogP contribution in [0.3, 0.4) is 0 Å². The van der Waals surface area contributed by atoms with Crippen LogP contribution in [0.4, 0.5) is 0 Å². The Hall–Kier alpha value is -1.41. The predicted molar refractivity (Wildman–Crippen MR) is 76.3 cm³/mol. The highest BCUT2D eigenvalue weighted by Gasteiger charge is 2.20. The van der Waals surface area contributed by atoms with Crippen molar-refractivity contribution < 1.29 is 0 Å². The Labute approximate surface area is 122 Å². The number of thioether (sulfide) groups is 1. The number of nitrogens with one attached hydrogen (secondary N) is 1. The molecule has 0 aromatic carbocycles. The topological polar surface area (TPSA) is 73.5 Å². The fourth-order valence-corrected chi connectivity index (χ4v) is 2.72. The van der Waals surface area contributed by atoms with Crippen molar-refractivity contribution in [1.29, 1.82) is 0 Å². The molecule has 0 saturated heterocycles. The quantitative estimate of drug-likeness (QED) is 0.730. The van der Waals surface area contributed by atoms with Crippen molar-refractivity contribution in [1.82, 2.24) is 35.3 Å². The van der Waals surface area contributed by atoms with E-state index in [1.54, 1.807) is 11.8 Å². The zero-order valence-corrected chi connectivity index (χ0v) is 12.4. The normalized spacial score (nSPS) is 14.8. The Morgan fingerprint density at radius 3 is 3.10 bits per heavy atom. The van der Waals surface area contributed by atoms with Gasteiger partial charge in [0.2, 0.25) is 5.16 Å². The molecule has 1 aliphatic rings. The Kier molecular flexibility index (Phi) is 4.31. The highest BCUT2D eigenvalue weighted by atomic mass is 32.2. The van der Waals surface area contributed by atoms with E-state index in [9.17, 15) is 0 Å². The fourth-order valence-electron chi connectivity index (χ4n) is 1.90. The van der Waals surface area contributed by atoms with Crippen molar-refractivity contribution in [3.63, 3.8) is 0 Å². The third-order valence-corrected chi connectivity index (χ3v) is 4.24. The van der Waals surface area contributed by atoms with Gasteiger partial charge in [-0.3, -0.25) is 4.68 Å². The zero-order chi connectivity index (χ0) is 13.8. The lowest BCUT2D eigenvalue weighted by atomic mass is 10.4. The summed E-state index contributed by atoms with van der Waals surface area (Å²) in [4.78, 5) is 0. The van der Waals surface area contributed by atoms with E-state index < -0.39 is 0 Å². The van der Waals surface area contributed by atoms with Gasteiger partial charge in [0.05, 0.1) is 12.7 Å². The second kappa shape index (κ2) is 6.36. The number of aryl methyl sites for hydroxylation is 1. The first kappa shape index (κ1) is 13.6. The van der Waals surface area contributed by atoms with Crippen LogP contribution in [0.25, 0.3) is 0 Å². The molecule has 2 aromatic heterocycles. The lowest BCUT2D eigenvalue weighted by molar-refractivity contribution is 0.509. The smallest absolute Gasteiger partial charge is 0.209 e. The summed E-state index contributed by atoms with van der Waals surface area (Å²) in [6.45, 7) is 4.73. The average molecular weight is 293 g/mol. The molecule has 0 unspecified atom stereocenters. The first-order chi connectivity index (χ1) is 9.85. The molecule has 1 N–H and O–H groups in total. The maximum absolute atomic E-state index is 4.27. The molecule has 1 aliphatic carbocycles. The minimum Gasteiger partial charge on any atom is -0.312 e. The predicted octanol–water partition coefficient (Wildman–Crippen LogP) is 0.934. The SMILES string of the molecule is CCn1cc(CSc2nnnn2CCNC2CC2)cn1. The molecule has 20 heavy (non-hydrogen) atoms. The van der Waals surface area contributed by atoms with Gasteiger partial charge in [0.15, 0.2) is 0 Å². The van der Waals surface area contributed by atoms with Crippen molar-refractivity contribution in [2.45, 2.75) is 49.8 Å². The van der Waals surface area contributed by atoms with Crippen LogP contribution in [0.5, 0.6) is 0 Å². The van der Waals surface area contributed by atoms with Crippen molar-refractivity contribution in [2.75, 3.05) is 6.54 Å². The van der Waals surface area contributed by atoms with Crippen LogP contribution in [-0.2, 0) is 18.8 Å². The molecule has 0 atom stereocenters. The summed E-state index contributed by atoms with van der Waals surface area (Å²) in [5.74, 6) is 0.844. The van der Waals surface area contributed by atoms with Crippen LogP contribution in [0.15, 0.2) is 17.6 Å². The van der Waals surface area contributed by atoms with Gasteiger partial charge in [0, 0.05) is 36.6 Å². The number of aromatic nitrogens is 6. The highest BCUT2D eigenvalue weighted by Crippen LogP contribution is 2.20. The maximum Gasteiger partial charge on any atom is 0.209 e. The number of rotatable bonds is 8. The molecular weight excluding hydrogens is 274 g/mol. The first-order valence-electron chi connectivity index (χ1n) is 6.99. The van der Waals surface area contributed by atoms with Crippen LogP contribution < -0.4 is 5.32 Å². The van der Waals surface area contributed by atoms with Crippen LogP contribution >= 0.6 is 11.8 Å². The number of tetrazole rings is 1. The summed E-state index contributed by atoms with van der Waals surface area (Å²) in [6.07, 6.45) is 6.58. The number of hydrogen-bond donors (Lipinski definition) is 1. The van der Waals surface area contributed by atoms with Gasteiger partial charge in [-0.1, -0.05) is 11.8 Å². The van der Waals surface area contributed by atoms with Gasteiger partial charge in [-0.2, -0.15) is 5.10 Å². The van der Waals surface area contributed by atoms with Gasteiger partial charge in [-0.25, -0.2) is 4.68 Å². The van der Waals surface area contributed by atoms with E-state index in [1.165, 1.54) is 18.4 Å². The minimum absolute atomic E-state index is 0.725. The lowest BCUT2D eigenvalue weighted by Crippen LogP contribution is -2.22. The highest BCUT2D eigenvalue weighted by molar-refractivity contribution is 7.98. The Balaban J connectivity index is 1.50. The Bertz CT molecular complexity index is 546. The standard InChI is InChI=1S/C12H19N7S/c1-2-18-8-10(7-14-18)9-20-12-15-16-17-19(12)6-5-13-11-3-4-11/h7-8,11,13H,2-6,9H2,1H3. The molecule has 0 spiro atoms. The van der Waals surface area contributed by atoms with E-state index >= 15 is 0 Å². The fraction of sp³-hybridized carbons (Fsp3) is 0.667. The summed E-state index contributed by atoms with van der Waals surface area (Å²) in [5, 5.41) is 20.5. The molecule has 108 valence electrons.